The van der Waals surface area contributed by atoms with E-state index in [-0.39, 0.29) is 18.3 Å². The maximum Gasteiger partial charge on any atom is 0.320 e. The maximum atomic E-state index is 12.0. The second kappa shape index (κ2) is 4.88. The van der Waals surface area contributed by atoms with Gasteiger partial charge in [0.05, 0.1) is 24.7 Å². The molecule has 6 heteroatoms. The van der Waals surface area contributed by atoms with E-state index in [0.29, 0.717) is 13.0 Å². The van der Waals surface area contributed by atoms with E-state index in [1.165, 1.54) is 0 Å². The predicted octanol–water partition coefficient (Wildman–Crippen LogP) is 1.33. The lowest BCUT2D eigenvalue weighted by atomic mass is 9.76. The number of cyclic esters (lactones) is 2. The number of fused-ring (bicyclic) bond motifs is 3. The van der Waals surface area contributed by atoms with Crippen molar-refractivity contribution in [1.29, 1.82) is 0 Å². The molecule has 4 rings (SSSR count). The summed E-state index contributed by atoms with van der Waals surface area (Å²) in [4.78, 5) is 23.7. The molecule has 3 aliphatic heterocycles. The topological polar surface area (TPSA) is 71.1 Å². The molecule has 0 aromatic carbocycles. The van der Waals surface area contributed by atoms with Crippen molar-refractivity contribution >= 4 is 11.9 Å². The van der Waals surface area contributed by atoms with Gasteiger partial charge in [-0.1, -0.05) is 6.08 Å². The Balaban J connectivity index is 1.53. The number of hydrogen-bond acceptors (Lipinski definition) is 6. The smallest absolute Gasteiger partial charge is 0.320 e. The Morgan fingerprint density at radius 3 is 2.73 bits per heavy atom. The summed E-state index contributed by atoms with van der Waals surface area (Å²) < 4.78 is 22.5. The van der Waals surface area contributed by atoms with Crippen molar-refractivity contribution in [2.24, 2.45) is 11.8 Å². The lowest BCUT2D eigenvalue weighted by Gasteiger charge is -2.39. The van der Waals surface area contributed by atoms with Gasteiger partial charge in [-0.15, -0.1) is 0 Å². The van der Waals surface area contributed by atoms with Crippen molar-refractivity contribution in [2.45, 2.75) is 57.2 Å². The third-order valence-corrected chi connectivity index (χ3v) is 5.02. The van der Waals surface area contributed by atoms with Gasteiger partial charge >= 0.3 is 11.9 Å². The predicted molar refractivity (Wildman–Crippen MR) is 73.6 cm³/mol. The first kappa shape index (κ1) is 14.4. The van der Waals surface area contributed by atoms with Crippen LogP contribution in [0.1, 0.15) is 33.1 Å². The molecule has 0 aromatic rings. The minimum absolute atomic E-state index is 0.119. The normalized spacial score (nSPS) is 43.4. The summed E-state index contributed by atoms with van der Waals surface area (Å²) in [6.45, 7) is 4.25. The van der Waals surface area contributed by atoms with Crippen LogP contribution in [0.3, 0.4) is 0 Å². The molecule has 22 heavy (non-hydrogen) atoms. The van der Waals surface area contributed by atoms with Crippen molar-refractivity contribution in [2.75, 3.05) is 6.61 Å². The molecule has 0 aromatic heterocycles. The number of carbonyl (C=O) groups excluding carboxylic acids is 2. The Hall–Kier alpha value is -1.24. The van der Waals surface area contributed by atoms with Gasteiger partial charge in [0.1, 0.15) is 12.0 Å². The molecule has 3 heterocycles. The molecule has 120 valence electrons. The highest BCUT2D eigenvalue weighted by Gasteiger charge is 2.54. The Labute approximate surface area is 128 Å². The van der Waals surface area contributed by atoms with Crippen LogP contribution in [0.15, 0.2) is 11.6 Å². The van der Waals surface area contributed by atoms with E-state index in [1.54, 1.807) is 0 Å². The number of allylic oxidation sites excluding steroid dienone is 1. The molecule has 3 fully saturated rings. The molecule has 0 bridgehead atoms. The van der Waals surface area contributed by atoms with Crippen molar-refractivity contribution in [3.63, 3.8) is 0 Å². The average molecular weight is 308 g/mol. The molecule has 6 nitrogen and oxygen atoms in total. The number of carbonyl (C=O) groups is 2. The van der Waals surface area contributed by atoms with Crippen LogP contribution < -0.4 is 0 Å². The Kier molecular flexibility index (Phi) is 3.18. The van der Waals surface area contributed by atoms with Gasteiger partial charge in [0, 0.05) is 0 Å². The van der Waals surface area contributed by atoms with E-state index in [2.05, 4.69) is 0 Å². The first-order valence-corrected chi connectivity index (χ1v) is 7.86. The number of ether oxygens (including phenoxy) is 4. The number of hydrogen-bond donors (Lipinski definition) is 0. The summed E-state index contributed by atoms with van der Waals surface area (Å²) in [5.74, 6) is -2.35. The van der Waals surface area contributed by atoms with Crippen molar-refractivity contribution in [1.82, 2.24) is 0 Å². The minimum atomic E-state index is -0.596. The molecule has 1 aliphatic carbocycles. The summed E-state index contributed by atoms with van der Waals surface area (Å²) in [6.07, 6.45) is 3.70. The highest BCUT2D eigenvalue weighted by atomic mass is 16.7. The average Bonchev–Trinajstić information content (AvgIpc) is 2.98. The minimum Gasteiger partial charge on any atom is -0.393 e. The molecular weight excluding hydrogens is 288 g/mol. The van der Waals surface area contributed by atoms with Crippen LogP contribution in [0, 0.1) is 11.8 Å². The fourth-order valence-corrected chi connectivity index (χ4v) is 3.91. The van der Waals surface area contributed by atoms with Crippen LogP contribution >= 0.6 is 0 Å². The van der Waals surface area contributed by atoms with E-state index in [4.69, 9.17) is 18.9 Å². The van der Waals surface area contributed by atoms with Gasteiger partial charge < -0.3 is 18.9 Å². The van der Waals surface area contributed by atoms with Gasteiger partial charge in [-0.2, -0.15) is 0 Å². The summed E-state index contributed by atoms with van der Waals surface area (Å²) in [5.41, 5.74) is 1.11. The number of rotatable bonds is 1. The molecular formula is C16H20O6. The zero-order valence-corrected chi connectivity index (χ0v) is 12.7. The molecule has 5 atom stereocenters. The van der Waals surface area contributed by atoms with Crippen molar-refractivity contribution in [3.05, 3.63) is 11.6 Å². The highest BCUT2D eigenvalue weighted by molar-refractivity contribution is 5.97. The first-order valence-electron chi connectivity index (χ1n) is 7.86. The standard InChI is InChI=1S/C16H20O6/c1-16(2)19-7-11(22-16)10-6-4-8-3-5-9-12(13(8)20-10)15(18)21-14(9)17/h3,9-13H,4-7H2,1-2H3/t9-,10+,11+,12-,13+/m0/s1. The SMILES string of the molecule is CC1(C)OC[C@H]([C@H]2CCC3=CC[C@@H]4C(=O)OC(=O)[C@@H]4[C@@H]3O2)O1. The molecule has 0 radical (unpaired) electrons. The summed E-state index contributed by atoms with van der Waals surface area (Å²) >= 11 is 0. The van der Waals surface area contributed by atoms with Gasteiger partial charge in [0.25, 0.3) is 0 Å². The molecule has 0 unspecified atom stereocenters. The van der Waals surface area contributed by atoms with Crippen LogP contribution in [0.25, 0.3) is 0 Å². The zero-order valence-electron chi connectivity index (χ0n) is 12.7. The Morgan fingerprint density at radius 1 is 1.18 bits per heavy atom. The zero-order chi connectivity index (χ0) is 15.5. The van der Waals surface area contributed by atoms with E-state index in [1.807, 2.05) is 19.9 Å². The molecule has 0 amide bonds. The van der Waals surface area contributed by atoms with Gasteiger partial charge in [-0.25, -0.2) is 0 Å². The van der Waals surface area contributed by atoms with E-state index in [9.17, 15) is 9.59 Å². The van der Waals surface area contributed by atoms with E-state index in [0.717, 1.165) is 18.4 Å². The molecule has 0 saturated carbocycles. The third kappa shape index (κ3) is 2.21. The maximum absolute atomic E-state index is 12.0. The van der Waals surface area contributed by atoms with Gasteiger partial charge in [0.15, 0.2) is 5.79 Å². The highest BCUT2D eigenvalue weighted by Crippen LogP contribution is 2.43. The van der Waals surface area contributed by atoms with Gasteiger partial charge in [-0.05, 0) is 38.7 Å². The van der Waals surface area contributed by atoms with Crippen LogP contribution in [-0.2, 0) is 28.5 Å². The monoisotopic (exact) mass is 308 g/mol. The van der Waals surface area contributed by atoms with E-state index >= 15 is 0 Å². The summed E-state index contributed by atoms with van der Waals surface area (Å²) in [6, 6.07) is 0. The summed E-state index contributed by atoms with van der Waals surface area (Å²) in [7, 11) is 0. The van der Waals surface area contributed by atoms with Gasteiger partial charge in [-0.3, -0.25) is 9.59 Å². The quantitative estimate of drug-likeness (QED) is 0.413. The van der Waals surface area contributed by atoms with Crippen molar-refractivity contribution in [3.8, 4) is 0 Å². The van der Waals surface area contributed by atoms with Crippen molar-refractivity contribution < 1.29 is 28.5 Å². The lowest BCUT2D eigenvalue weighted by Crippen LogP contribution is -2.46. The molecule has 4 aliphatic rings. The Bertz CT molecular complexity index is 551. The summed E-state index contributed by atoms with van der Waals surface area (Å²) in [5, 5.41) is 0. The fraction of sp³-hybridized carbons (Fsp3) is 0.750. The third-order valence-electron chi connectivity index (χ3n) is 5.02. The van der Waals surface area contributed by atoms with Crippen LogP contribution in [0.4, 0.5) is 0 Å². The largest absolute Gasteiger partial charge is 0.393 e. The van der Waals surface area contributed by atoms with Crippen LogP contribution in [0.5, 0.6) is 0 Å². The molecule has 3 saturated heterocycles. The number of esters is 2. The first-order chi connectivity index (χ1) is 10.4. The molecule has 0 spiro atoms. The molecule has 0 N–H and O–H groups in total. The van der Waals surface area contributed by atoms with Crippen LogP contribution in [-0.4, -0.2) is 42.6 Å². The second-order valence-electron chi connectivity index (χ2n) is 6.89. The Morgan fingerprint density at radius 2 is 2.00 bits per heavy atom. The fourth-order valence-electron chi connectivity index (χ4n) is 3.91. The lowest BCUT2D eigenvalue weighted by molar-refractivity contribution is -0.173. The van der Waals surface area contributed by atoms with E-state index < -0.39 is 29.6 Å². The van der Waals surface area contributed by atoms with Gasteiger partial charge in [0.2, 0.25) is 0 Å². The second-order valence-corrected chi connectivity index (χ2v) is 6.89. The van der Waals surface area contributed by atoms with Crippen LogP contribution in [0.2, 0.25) is 0 Å².